The van der Waals surface area contributed by atoms with Gasteiger partial charge in [0.2, 0.25) is 0 Å². The van der Waals surface area contributed by atoms with Crippen molar-refractivity contribution in [1.82, 2.24) is 4.90 Å². The van der Waals surface area contributed by atoms with Crippen molar-refractivity contribution in [1.29, 1.82) is 0 Å². The number of hydrogen-bond donors (Lipinski definition) is 0. The topological polar surface area (TPSA) is 111 Å². The highest BCUT2D eigenvalue weighted by Crippen LogP contribution is 2.34. The second kappa shape index (κ2) is 6.15. The molecule has 0 bridgehead atoms. The van der Waals surface area contributed by atoms with Gasteiger partial charge in [-0.1, -0.05) is 31.1 Å². The SMILES string of the molecule is CC1(C)C(CCN2C(=O)c3ccccc3C2=O)=NOC1CO[N+](=O)[O-]. The van der Waals surface area contributed by atoms with Crippen LogP contribution in [0.3, 0.4) is 0 Å². The highest BCUT2D eigenvalue weighted by Gasteiger charge is 2.43. The van der Waals surface area contributed by atoms with E-state index in [1.807, 2.05) is 13.8 Å². The van der Waals surface area contributed by atoms with Crippen LogP contribution in [0.5, 0.6) is 0 Å². The van der Waals surface area contributed by atoms with Crippen molar-refractivity contribution >= 4 is 17.5 Å². The van der Waals surface area contributed by atoms with Crippen LogP contribution < -0.4 is 0 Å². The van der Waals surface area contributed by atoms with Gasteiger partial charge in [-0.3, -0.25) is 14.5 Å². The van der Waals surface area contributed by atoms with Gasteiger partial charge in [0, 0.05) is 18.4 Å². The molecule has 9 heteroatoms. The van der Waals surface area contributed by atoms with E-state index in [2.05, 4.69) is 9.99 Å². The van der Waals surface area contributed by atoms with E-state index >= 15 is 0 Å². The summed E-state index contributed by atoms with van der Waals surface area (Å²) >= 11 is 0. The fourth-order valence-corrected chi connectivity index (χ4v) is 2.96. The molecule has 25 heavy (non-hydrogen) atoms. The van der Waals surface area contributed by atoms with Crippen LogP contribution in [-0.2, 0) is 9.68 Å². The van der Waals surface area contributed by atoms with Crippen LogP contribution in [-0.4, -0.2) is 46.8 Å². The first kappa shape index (κ1) is 16.9. The second-order valence-corrected chi connectivity index (χ2v) is 6.43. The number of amides is 2. The molecule has 0 saturated heterocycles. The van der Waals surface area contributed by atoms with Crippen LogP contribution in [0.15, 0.2) is 29.4 Å². The second-order valence-electron chi connectivity index (χ2n) is 6.43. The third-order valence-electron chi connectivity index (χ3n) is 4.62. The van der Waals surface area contributed by atoms with E-state index in [1.54, 1.807) is 24.3 Å². The van der Waals surface area contributed by atoms with E-state index in [1.165, 1.54) is 4.90 Å². The first-order valence-corrected chi connectivity index (χ1v) is 7.78. The number of hydrogen-bond acceptors (Lipinski definition) is 7. The first-order chi connectivity index (χ1) is 11.8. The van der Waals surface area contributed by atoms with E-state index in [9.17, 15) is 19.7 Å². The van der Waals surface area contributed by atoms with Crippen LogP contribution >= 0.6 is 0 Å². The van der Waals surface area contributed by atoms with Crippen molar-refractivity contribution in [2.24, 2.45) is 10.6 Å². The maximum atomic E-state index is 12.4. The summed E-state index contributed by atoms with van der Waals surface area (Å²) in [7, 11) is 0. The molecule has 2 aliphatic rings. The molecule has 0 N–H and O–H groups in total. The van der Waals surface area contributed by atoms with Crippen molar-refractivity contribution in [2.45, 2.75) is 26.4 Å². The minimum Gasteiger partial charge on any atom is -0.389 e. The standard InChI is InChI=1S/C16H17N3O6/c1-16(2)12(17-25-13(16)9-24-19(22)23)7-8-18-14(20)10-5-3-4-6-11(10)15(18)21/h3-6,13H,7-9H2,1-2H3. The molecule has 0 spiro atoms. The minimum absolute atomic E-state index is 0.167. The van der Waals surface area contributed by atoms with E-state index in [0.29, 0.717) is 23.3 Å². The Hall–Kier alpha value is -2.97. The Labute approximate surface area is 143 Å². The van der Waals surface area contributed by atoms with Crippen molar-refractivity contribution in [3.05, 3.63) is 45.5 Å². The molecule has 9 nitrogen and oxygen atoms in total. The summed E-state index contributed by atoms with van der Waals surface area (Å²) in [5.41, 5.74) is 0.817. The lowest BCUT2D eigenvalue weighted by Crippen LogP contribution is -2.39. The van der Waals surface area contributed by atoms with E-state index < -0.39 is 16.6 Å². The maximum absolute atomic E-state index is 12.4. The summed E-state index contributed by atoms with van der Waals surface area (Å²) in [4.78, 5) is 45.8. The van der Waals surface area contributed by atoms with Crippen LogP contribution in [0, 0.1) is 15.5 Å². The number of oxime groups is 1. The molecule has 1 aromatic rings. The average Bonchev–Trinajstić information content (AvgIpc) is 2.98. The number of rotatable bonds is 6. The predicted octanol–water partition coefficient (Wildman–Crippen LogP) is 1.66. The van der Waals surface area contributed by atoms with Crippen LogP contribution in [0.2, 0.25) is 0 Å². The van der Waals surface area contributed by atoms with E-state index in [0.717, 1.165) is 0 Å². The summed E-state index contributed by atoms with van der Waals surface area (Å²) in [6.45, 7) is 3.59. The summed E-state index contributed by atoms with van der Waals surface area (Å²) in [5.74, 6) is -0.655. The Morgan fingerprint density at radius 1 is 1.28 bits per heavy atom. The van der Waals surface area contributed by atoms with Gasteiger partial charge in [-0.05, 0) is 12.1 Å². The Bertz CT molecular complexity index is 738. The van der Waals surface area contributed by atoms with Gasteiger partial charge in [0.25, 0.3) is 16.9 Å². The zero-order valence-electron chi connectivity index (χ0n) is 13.8. The summed E-state index contributed by atoms with van der Waals surface area (Å²) in [6, 6.07) is 6.68. The number of benzene rings is 1. The van der Waals surface area contributed by atoms with Crippen LogP contribution in [0.25, 0.3) is 0 Å². The highest BCUT2D eigenvalue weighted by atomic mass is 17.0. The Kier molecular flexibility index (Phi) is 4.15. The maximum Gasteiger partial charge on any atom is 0.294 e. The molecule has 1 atom stereocenters. The lowest BCUT2D eigenvalue weighted by Gasteiger charge is -2.25. The molecule has 0 aromatic heterocycles. The van der Waals surface area contributed by atoms with Gasteiger partial charge in [-0.15, -0.1) is 10.1 Å². The van der Waals surface area contributed by atoms with Gasteiger partial charge in [0.05, 0.1) is 16.8 Å². The zero-order valence-corrected chi connectivity index (χ0v) is 13.8. The molecule has 2 heterocycles. The molecule has 2 aliphatic heterocycles. The van der Waals surface area contributed by atoms with Gasteiger partial charge in [0.1, 0.15) is 6.61 Å². The molecular formula is C16H17N3O6. The van der Waals surface area contributed by atoms with Crippen LogP contribution in [0.1, 0.15) is 41.0 Å². The zero-order chi connectivity index (χ0) is 18.2. The molecule has 0 fully saturated rings. The highest BCUT2D eigenvalue weighted by molar-refractivity contribution is 6.21. The molecular weight excluding hydrogens is 330 g/mol. The Morgan fingerprint density at radius 3 is 2.44 bits per heavy atom. The lowest BCUT2D eigenvalue weighted by molar-refractivity contribution is -0.759. The number of carbonyl (C=O) groups excluding carboxylic acids is 2. The first-order valence-electron chi connectivity index (χ1n) is 7.78. The lowest BCUT2D eigenvalue weighted by atomic mass is 9.81. The number of imide groups is 1. The van der Waals surface area contributed by atoms with Crippen molar-refractivity contribution in [3.8, 4) is 0 Å². The van der Waals surface area contributed by atoms with Gasteiger partial charge >= 0.3 is 0 Å². The fraction of sp³-hybridized carbons (Fsp3) is 0.438. The number of fused-ring (bicyclic) bond motifs is 1. The Balaban J connectivity index is 1.64. The largest absolute Gasteiger partial charge is 0.389 e. The fourth-order valence-electron chi connectivity index (χ4n) is 2.96. The van der Waals surface area contributed by atoms with Crippen LogP contribution in [0.4, 0.5) is 0 Å². The molecule has 2 amide bonds. The monoisotopic (exact) mass is 347 g/mol. The quantitative estimate of drug-likeness (QED) is 0.439. The molecule has 3 rings (SSSR count). The summed E-state index contributed by atoms with van der Waals surface area (Å²) in [5, 5.41) is 13.4. The smallest absolute Gasteiger partial charge is 0.294 e. The van der Waals surface area contributed by atoms with Crippen molar-refractivity contribution in [3.63, 3.8) is 0 Å². The van der Waals surface area contributed by atoms with Gasteiger partial charge < -0.3 is 9.68 Å². The van der Waals surface area contributed by atoms with E-state index in [4.69, 9.17) is 4.84 Å². The normalized spacial score (nSPS) is 21.0. The minimum atomic E-state index is -0.879. The third-order valence-corrected chi connectivity index (χ3v) is 4.62. The van der Waals surface area contributed by atoms with Gasteiger partial charge in [-0.25, -0.2) is 0 Å². The van der Waals surface area contributed by atoms with Gasteiger partial charge in [-0.2, -0.15) is 0 Å². The van der Waals surface area contributed by atoms with Gasteiger partial charge in [0.15, 0.2) is 6.10 Å². The molecule has 1 aromatic carbocycles. The van der Waals surface area contributed by atoms with Crippen molar-refractivity contribution in [2.75, 3.05) is 13.2 Å². The molecule has 132 valence electrons. The predicted molar refractivity (Wildman–Crippen MR) is 85.5 cm³/mol. The molecule has 0 aliphatic carbocycles. The summed E-state index contributed by atoms with van der Waals surface area (Å²) in [6.07, 6.45) is -0.275. The number of nitrogens with zero attached hydrogens (tertiary/aromatic N) is 3. The molecule has 0 radical (unpaired) electrons. The molecule has 1 unspecified atom stereocenters. The number of carbonyl (C=O) groups is 2. The Morgan fingerprint density at radius 2 is 1.88 bits per heavy atom. The van der Waals surface area contributed by atoms with E-state index in [-0.39, 0.29) is 25.0 Å². The molecule has 0 saturated carbocycles. The third kappa shape index (κ3) is 2.92. The average molecular weight is 347 g/mol. The van der Waals surface area contributed by atoms with Crippen molar-refractivity contribution < 1.29 is 24.4 Å². The summed E-state index contributed by atoms with van der Waals surface area (Å²) < 4.78 is 0.